The topological polar surface area (TPSA) is 86.5 Å². The average molecular weight is 539 g/mol. The zero-order valence-corrected chi connectivity index (χ0v) is 21.8. The summed E-state index contributed by atoms with van der Waals surface area (Å²) in [5.41, 5.74) is 1.70. The summed E-state index contributed by atoms with van der Waals surface area (Å²) in [5.74, 6) is -0.158. The van der Waals surface area contributed by atoms with Gasteiger partial charge < -0.3 is 14.2 Å². The lowest BCUT2D eigenvalue weighted by Gasteiger charge is -2.24. The first kappa shape index (κ1) is 26.7. The quantitative estimate of drug-likeness (QED) is 0.250. The molecular weight excluding hydrogens is 513 g/mol. The fourth-order valence-electron chi connectivity index (χ4n) is 3.53. The van der Waals surface area contributed by atoms with Crippen LogP contribution >= 0.6 is 23.2 Å². The van der Waals surface area contributed by atoms with E-state index in [0.29, 0.717) is 33.5 Å². The van der Waals surface area contributed by atoms with Gasteiger partial charge in [0.2, 0.25) is 0 Å². The predicted molar refractivity (Wildman–Crippen MR) is 138 cm³/mol. The molecule has 0 aliphatic rings. The van der Waals surface area contributed by atoms with Gasteiger partial charge in [-0.25, -0.2) is 8.51 Å². The van der Waals surface area contributed by atoms with Crippen LogP contribution in [-0.4, -0.2) is 41.8 Å². The smallest absolute Gasteiger partial charge is 0.403 e. The first-order chi connectivity index (χ1) is 16.7. The van der Waals surface area contributed by atoms with Crippen molar-refractivity contribution < 1.29 is 27.4 Å². The largest absolute Gasteiger partial charge is 0.497 e. The summed E-state index contributed by atoms with van der Waals surface area (Å²) in [5, 5.41) is 0.963. The molecule has 3 rings (SSSR count). The molecule has 1 N–H and O–H groups in total. The summed E-state index contributed by atoms with van der Waals surface area (Å²) in [7, 11) is -1.24. The third kappa shape index (κ3) is 6.20. The van der Waals surface area contributed by atoms with Gasteiger partial charge in [0.15, 0.2) is 4.90 Å². The van der Waals surface area contributed by atoms with E-state index < -0.39 is 22.5 Å². The highest BCUT2D eigenvalue weighted by Gasteiger charge is 2.37. The van der Waals surface area contributed by atoms with Crippen LogP contribution in [0.2, 0.25) is 10.0 Å². The number of hydrogen-bond acceptors (Lipinski definition) is 5. The number of halogens is 2. The van der Waals surface area contributed by atoms with E-state index in [-0.39, 0.29) is 17.3 Å². The van der Waals surface area contributed by atoms with E-state index in [2.05, 4.69) is 0 Å². The highest BCUT2D eigenvalue weighted by Crippen LogP contribution is 2.36. The standard InChI is InChI=1S/C25H25Cl2NO6S/c1-4-34-25(29)16-28(35(30,31)24-15-20(32-2)10-12-23(24)33-3)22-11-9-19(26)14-18(22)13-17-7-5-6-8-21(17)27/h5-12,14-15H,4,13,16H2,1-3H3/p+1. The van der Waals surface area contributed by atoms with Gasteiger partial charge in [-0.2, -0.15) is 4.21 Å². The number of nitrogens with zero attached hydrogens (tertiary/aromatic N) is 1. The van der Waals surface area contributed by atoms with Crippen molar-refractivity contribution in [3.63, 3.8) is 0 Å². The SMILES string of the molecule is CCOC(=O)CN(c1ccc(Cl)cc1Cc1ccccc1Cl)S(=O)(=[OH+])c1cc(OC)ccc1OC. The highest BCUT2D eigenvalue weighted by molar-refractivity contribution is 7.93. The summed E-state index contributed by atoms with van der Waals surface area (Å²) in [6, 6.07) is 16.7. The number of anilines is 1. The van der Waals surface area contributed by atoms with Crippen LogP contribution in [0, 0.1) is 0 Å². The van der Waals surface area contributed by atoms with Crippen LogP contribution in [0.15, 0.2) is 65.6 Å². The Morgan fingerprint density at radius 1 is 1.00 bits per heavy atom. The fourth-order valence-corrected chi connectivity index (χ4v) is 5.57. The highest BCUT2D eigenvalue weighted by atomic mass is 35.5. The molecule has 3 aromatic carbocycles. The molecule has 0 spiro atoms. The van der Waals surface area contributed by atoms with Gasteiger partial charge in [0.1, 0.15) is 18.0 Å². The Bertz CT molecular complexity index is 1310. The third-order valence-corrected chi connectivity index (χ3v) is 7.60. The maximum absolute atomic E-state index is 14.1. The minimum absolute atomic E-state index is 0.0534. The van der Waals surface area contributed by atoms with Crippen LogP contribution < -0.4 is 13.8 Å². The molecule has 186 valence electrons. The molecule has 3 aromatic rings. The number of methoxy groups -OCH3 is 2. The first-order valence-electron chi connectivity index (χ1n) is 10.6. The fraction of sp³-hybridized carbons (Fsp3) is 0.240. The molecule has 0 heterocycles. The molecule has 1 unspecified atom stereocenters. The molecule has 0 radical (unpaired) electrons. The summed E-state index contributed by atoms with van der Waals surface area (Å²) in [4.78, 5) is 12.5. The first-order valence-corrected chi connectivity index (χ1v) is 12.9. The van der Waals surface area contributed by atoms with E-state index in [9.17, 15) is 13.2 Å². The van der Waals surface area contributed by atoms with Crippen molar-refractivity contribution in [1.29, 1.82) is 0 Å². The number of benzene rings is 3. The Morgan fingerprint density at radius 3 is 2.40 bits per heavy atom. The second-order valence-electron chi connectivity index (χ2n) is 7.40. The van der Waals surface area contributed by atoms with Crippen LogP contribution in [0.5, 0.6) is 11.5 Å². The number of hydrogen-bond donors (Lipinski definition) is 0. The van der Waals surface area contributed by atoms with Crippen molar-refractivity contribution in [1.82, 2.24) is 0 Å². The predicted octanol–water partition coefficient (Wildman–Crippen LogP) is 5.52. The molecule has 35 heavy (non-hydrogen) atoms. The molecule has 10 heteroatoms. The molecule has 7 nitrogen and oxygen atoms in total. The Morgan fingerprint density at radius 2 is 1.74 bits per heavy atom. The van der Waals surface area contributed by atoms with Gasteiger partial charge in [0, 0.05) is 22.5 Å². The molecule has 0 aliphatic heterocycles. The van der Waals surface area contributed by atoms with Crippen LogP contribution in [0.4, 0.5) is 5.69 Å². The minimum Gasteiger partial charge on any atom is -0.497 e. The van der Waals surface area contributed by atoms with E-state index >= 15 is 0 Å². The lowest BCUT2D eigenvalue weighted by Crippen LogP contribution is -2.37. The Hall–Kier alpha value is -2.94. The van der Waals surface area contributed by atoms with E-state index in [4.69, 9.17) is 37.4 Å². The third-order valence-electron chi connectivity index (χ3n) is 5.18. The second-order valence-corrected chi connectivity index (χ2v) is 10.1. The van der Waals surface area contributed by atoms with E-state index in [1.807, 2.05) is 18.2 Å². The van der Waals surface area contributed by atoms with Crippen molar-refractivity contribution in [3.05, 3.63) is 81.8 Å². The summed E-state index contributed by atoms with van der Waals surface area (Å²) >= 11 is 12.7. The lowest BCUT2D eigenvalue weighted by molar-refractivity contribution is -0.141. The van der Waals surface area contributed by atoms with Gasteiger partial charge in [-0.3, -0.25) is 4.79 Å². The zero-order valence-electron chi connectivity index (χ0n) is 19.5. The van der Waals surface area contributed by atoms with Gasteiger partial charge in [-0.05, 0) is 54.4 Å². The number of esters is 1. The maximum Gasteiger partial charge on any atom is 0.403 e. The number of rotatable bonds is 10. The van der Waals surface area contributed by atoms with Crippen molar-refractivity contribution in [2.75, 3.05) is 31.7 Å². The normalized spacial score (nSPS) is 12.5. The van der Waals surface area contributed by atoms with Crippen molar-refractivity contribution in [2.45, 2.75) is 18.2 Å². The van der Waals surface area contributed by atoms with Crippen LogP contribution in [0.3, 0.4) is 0 Å². The number of ether oxygens (including phenoxy) is 3. The summed E-state index contributed by atoms with van der Waals surface area (Å²) < 4.78 is 42.4. The van der Waals surface area contributed by atoms with Crippen molar-refractivity contribution >= 4 is 44.9 Å². The number of carbonyl (C=O) groups excluding carboxylic acids is 1. The van der Waals surface area contributed by atoms with E-state index in [0.717, 1.165) is 9.87 Å². The summed E-state index contributed by atoms with van der Waals surface area (Å²) in [6.45, 7) is 1.28. The maximum atomic E-state index is 14.1. The van der Waals surface area contributed by atoms with Crippen molar-refractivity contribution in [2.24, 2.45) is 0 Å². The molecule has 0 saturated carbocycles. The van der Waals surface area contributed by atoms with Gasteiger partial charge >= 0.3 is 16.0 Å². The van der Waals surface area contributed by atoms with Gasteiger partial charge in [0.25, 0.3) is 0 Å². The van der Waals surface area contributed by atoms with Crippen LogP contribution in [-0.2, 0) is 26.0 Å². The Kier molecular flexibility index (Phi) is 8.88. The monoisotopic (exact) mass is 538 g/mol. The molecule has 0 aliphatic carbocycles. The average Bonchev–Trinajstić information content (AvgIpc) is 2.84. The van der Waals surface area contributed by atoms with E-state index in [1.165, 1.54) is 26.4 Å². The lowest BCUT2D eigenvalue weighted by atomic mass is 10.0. The molecule has 0 aromatic heterocycles. The second kappa shape index (κ2) is 11.7. The molecule has 0 saturated heterocycles. The van der Waals surface area contributed by atoms with E-state index in [1.54, 1.807) is 37.3 Å². The van der Waals surface area contributed by atoms with Gasteiger partial charge in [-0.15, -0.1) is 0 Å². The van der Waals surface area contributed by atoms with Crippen molar-refractivity contribution in [3.8, 4) is 11.5 Å². The zero-order chi connectivity index (χ0) is 25.6. The molecule has 0 bridgehead atoms. The van der Waals surface area contributed by atoms with Gasteiger partial charge in [0.05, 0.1) is 26.5 Å². The minimum atomic E-state index is -4.08. The molecule has 1 atom stereocenters. The van der Waals surface area contributed by atoms with Gasteiger partial charge in [-0.1, -0.05) is 41.4 Å². The number of carbonyl (C=O) groups is 1. The summed E-state index contributed by atoms with van der Waals surface area (Å²) in [6.07, 6.45) is 0.305. The Balaban J connectivity index is 2.21. The van der Waals surface area contributed by atoms with Crippen LogP contribution in [0.1, 0.15) is 18.1 Å². The molecule has 0 fully saturated rings. The molecular formula is C25H26Cl2NO6S+. The molecule has 0 amide bonds. The Labute approximate surface area is 215 Å². The van der Waals surface area contributed by atoms with Crippen LogP contribution in [0.25, 0.3) is 0 Å².